The quantitative estimate of drug-likeness (QED) is 0.594. The Hall–Kier alpha value is -1.65. The predicted molar refractivity (Wildman–Crippen MR) is 79.4 cm³/mol. The smallest absolute Gasteiger partial charge is 0.203 e. The minimum Gasteiger partial charge on any atom is -0.394 e. The van der Waals surface area contributed by atoms with Crippen molar-refractivity contribution in [3.63, 3.8) is 0 Å². The van der Waals surface area contributed by atoms with Crippen molar-refractivity contribution in [1.82, 2.24) is 14.3 Å². The number of ether oxygens (including phenoxy) is 1. The molecule has 118 valence electrons. The van der Waals surface area contributed by atoms with Gasteiger partial charge in [-0.2, -0.15) is 9.36 Å². The molecule has 0 radical (unpaired) electrons. The van der Waals surface area contributed by atoms with Crippen LogP contribution in [0.15, 0.2) is 24.5 Å². The van der Waals surface area contributed by atoms with Gasteiger partial charge in [0.15, 0.2) is 5.82 Å². The van der Waals surface area contributed by atoms with Crippen molar-refractivity contribution in [2.45, 2.75) is 24.4 Å². The van der Waals surface area contributed by atoms with E-state index in [0.717, 1.165) is 17.1 Å². The zero-order valence-corrected chi connectivity index (χ0v) is 12.3. The second-order valence-corrected chi connectivity index (χ2v) is 5.70. The summed E-state index contributed by atoms with van der Waals surface area (Å²) in [5, 5.41) is 32.5. The fourth-order valence-electron chi connectivity index (χ4n) is 2.23. The van der Waals surface area contributed by atoms with Crippen LogP contribution in [-0.2, 0) is 4.74 Å². The Kier molecular flexibility index (Phi) is 4.60. The maximum Gasteiger partial charge on any atom is 0.203 e. The van der Waals surface area contributed by atoms with E-state index < -0.39 is 24.4 Å². The highest BCUT2D eigenvalue weighted by molar-refractivity contribution is 7.09. The Morgan fingerprint density at radius 2 is 2.05 bits per heavy atom. The van der Waals surface area contributed by atoms with Crippen molar-refractivity contribution < 1.29 is 20.1 Å². The van der Waals surface area contributed by atoms with Crippen molar-refractivity contribution >= 4 is 16.7 Å². The summed E-state index contributed by atoms with van der Waals surface area (Å²) >= 11 is 1.16. The molecule has 1 saturated heterocycles. The molecule has 2 aromatic rings. The van der Waals surface area contributed by atoms with Crippen molar-refractivity contribution in [3.05, 3.63) is 24.5 Å². The lowest BCUT2D eigenvalue weighted by atomic mass is 9.99. The second-order valence-electron chi connectivity index (χ2n) is 4.95. The maximum absolute atomic E-state index is 10.1. The number of nitrogens with one attached hydrogen (secondary N) is 1. The van der Waals surface area contributed by atoms with E-state index in [-0.39, 0.29) is 13.2 Å². The number of aromatic nitrogens is 3. The van der Waals surface area contributed by atoms with E-state index in [1.54, 1.807) is 24.5 Å². The van der Waals surface area contributed by atoms with Gasteiger partial charge in [-0.1, -0.05) is 0 Å². The number of nitrogens with zero attached hydrogens (tertiary/aromatic N) is 3. The van der Waals surface area contributed by atoms with Gasteiger partial charge in [0, 0.05) is 29.5 Å². The van der Waals surface area contributed by atoms with Crippen LogP contribution >= 0.6 is 11.5 Å². The standard InChI is InChI=1S/C13H16N4O4S/c18-5-9-11(20)10(19)8(6-21-9)15-13-16-12(17-22-13)7-1-3-14-4-2-7/h1-4,8-11,18-20H,5-6H2,(H,15,16,17)/t8-,9+,10+,11-/m0/s1. The molecule has 0 saturated carbocycles. The minimum absolute atomic E-state index is 0.160. The zero-order valence-electron chi connectivity index (χ0n) is 11.5. The summed E-state index contributed by atoms with van der Waals surface area (Å²) in [5.74, 6) is 0.565. The summed E-state index contributed by atoms with van der Waals surface area (Å²) in [6.45, 7) is -0.177. The van der Waals surface area contributed by atoms with E-state index in [4.69, 9.17) is 9.84 Å². The summed E-state index contributed by atoms with van der Waals surface area (Å²) in [6, 6.07) is 3.09. The van der Waals surface area contributed by atoms with Gasteiger partial charge < -0.3 is 25.4 Å². The number of aliphatic hydroxyl groups excluding tert-OH is 3. The van der Waals surface area contributed by atoms with Crippen LogP contribution in [0.5, 0.6) is 0 Å². The normalized spacial score (nSPS) is 28.5. The van der Waals surface area contributed by atoms with Crippen LogP contribution in [0.2, 0.25) is 0 Å². The third-order valence-corrected chi connectivity index (χ3v) is 4.13. The highest BCUT2D eigenvalue weighted by Crippen LogP contribution is 2.23. The minimum atomic E-state index is -1.15. The van der Waals surface area contributed by atoms with Gasteiger partial charge in [-0.05, 0) is 12.1 Å². The first-order chi connectivity index (χ1) is 10.7. The first kappa shape index (κ1) is 15.3. The summed E-state index contributed by atoms with van der Waals surface area (Å²) in [4.78, 5) is 8.28. The van der Waals surface area contributed by atoms with Crippen molar-refractivity contribution in [1.29, 1.82) is 0 Å². The number of hydrogen-bond acceptors (Lipinski definition) is 9. The average molecular weight is 324 g/mol. The van der Waals surface area contributed by atoms with Gasteiger partial charge in [-0.25, -0.2) is 0 Å². The van der Waals surface area contributed by atoms with E-state index in [0.29, 0.717) is 11.0 Å². The third kappa shape index (κ3) is 3.08. The fraction of sp³-hybridized carbons (Fsp3) is 0.462. The Morgan fingerprint density at radius 1 is 1.27 bits per heavy atom. The second kappa shape index (κ2) is 6.63. The highest BCUT2D eigenvalue weighted by Gasteiger charge is 2.38. The first-order valence-corrected chi connectivity index (χ1v) is 7.55. The Balaban J connectivity index is 1.68. The summed E-state index contributed by atoms with van der Waals surface area (Å²) in [7, 11) is 0. The molecule has 8 nitrogen and oxygen atoms in total. The molecule has 2 aromatic heterocycles. The van der Waals surface area contributed by atoms with Crippen LogP contribution in [0.3, 0.4) is 0 Å². The molecular weight excluding hydrogens is 308 g/mol. The highest BCUT2D eigenvalue weighted by atomic mass is 32.1. The molecular formula is C13H16N4O4S. The van der Waals surface area contributed by atoms with Gasteiger partial charge >= 0.3 is 0 Å². The molecule has 3 rings (SSSR count). The third-order valence-electron chi connectivity index (χ3n) is 3.49. The molecule has 22 heavy (non-hydrogen) atoms. The van der Waals surface area contributed by atoms with E-state index >= 15 is 0 Å². The molecule has 0 amide bonds. The maximum atomic E-state index is 10.1. The van der Waals surface area contributed by atoms with Crippen LogP contribution in [0.1, 0.15) is 0 Å². The van der Waals surface area contributed by atoms with E-state index in [1.165, 1.54) is 0 Å². The van der Waals surface area contributed by atoms with Crippen molar-refractivity contribution in [2.75, 3.05) is 18.5 Å². The lowest BCUT2D eigenvalue weighted by Gasteiger charge is -2.36. The monoisotopic (exact) mass is 324 g/mol. The largest absolute Gasteiger partial charge is 0.394 e. The number of pyridine rings is 1. The molecule has 4 N–H and O–H groups in total. The van der Waals surface area contributed by atoms with E-state index in [9.17, 15) is 10.2 Å². The molecule has 0 aliphatic carbocycles. The van der Waals surface area contributed by atoms with Gasteiger partial charge in [0.25, 0.3) is 0 Å². The number of aliphatic hydroxyl groups is 3. The number of rotatable bonds is 4. The molecule has 9 heteroatoms. The van der Waals surface area contributed by atoms with E-state index in [1.807, 2.05) is 0 Å². The molecule has 0 spiro atoms. The zero-order chi connectivity index (χ0) is 15.5. The van der Waals surface area contributed by atoms with Crippen molar-refractivity contribution in [3.8, 4) is 11.4 Å². The first-order valence-electron chi connectivity index (χ1n) is 6.78. The van der Waals surface area contributed by atoms with Gasteiger partial charge in [0.1, 0.15) is 18.3 Å². The lowest BCUT2D eigenvalue weighted by molar-refractivity contribution is -0.152. The van der Waals surface area contributed by atoms with Crippen LogP contribution in [0, 0.1) is 0 Å². The predicted octanol–water partition coefficient (Wildman–Crippen LogP) is -0.507. The molecule has 0 unspecified atom stereocenters. The molecule has 3 heterocycles. The molecule has 4 atom stereocenters. The SMILES string of the molecule is OC[C@H]1OC[C@H](Nc2nc(-c3ccncc3)ns2)[C@@H](O)[C@H]1O. The van der Waals surface area contributed by atoms with Gasteiger partial charge in [0.05, 0.1) is 19.3 Å². The Bertz CT molecular complexity index is 611. The van der Waals surface area contributed by atoms with E-state index in [2.05, 4.69) is 19.7 Å². The lowest BCUT2D eigenvalue weighted by Crippen LogP contribution is -2.56. The molecule has 0 bridgehead atoms. The van der Waals surface area contributed by atoms with Gasteiger partial charge in [-0.3, -0.25) is 4.98 Å². The van der Waals surface area contributed by atoms with Crippen LogP contribution < -0.4 is 5.32 Å². The van der Waals surface area contributed by atoms with Gasteiger partial charge in [-0.15, -0.1) is 0 Å². The number of hydrogen-bond donors (Lipinski definition) is 4. The van der Waals surface area contributed by atoms with Crippen LogP contribution in [-0.4, -0.2) is 67.2 Å². The topological polar surface area (TPSA) is 121 Å². The molecule has 1 aliphatic heterocycles. The number of anilines is 1. The average Bonchev–Trinajstić information content (AvgIpc) is 3.02. The van der Waals surface area contributed by atoms with Crippen molar-refractivity contribution in [2.24, 2.45) is 0 Å². The summed E-state index contributed by atoms with van der Waals surface area (Å²) < 4.78 is 9.55. The Morgan fingerprint density at radius 3 is 2.77 bits per heavy atom. The van der Waals surface area contributed by atoms with Crippen LogP contribution in [0.4, 0.5) is 5.13 Å². The van der Waals surface area contributed by atoms with Gasteiger partial charge in [0.2, 0.25) is 5.13 Å². The summed E-state index contributed by atoms with van der Waals surface area (Å²) in [6.07, 6.45) is 0.346. The molecule has 0 aromatic carbocycles. The Labute approximate surface area is 130 Å². The van der Waals surface area contributed by atoms with Crippen LogP contribution in [0.25, 0.3) is 11.4 Å². The summed E-state index contributed by atoms with van der Waals surface area (Å²) in [5.41, 5.74) is 0.847. The molecule has 1 aliphatic rings. The fourth-order valence-corrected chi connectivity index (χ4v) is 2.88. The molecule has 1 fully saturated rings.